The number of nitrogens with zero attached hydrogens (tertiary/aromatic N) is 2. The molecule has 124 valence electrons. The number of likely N-dealkylation sites (N-methyl/N-ethyl adjacent to an activating group) is 1. The number of carboxylic acids is 1. The van der Waals surface area contributed by atoms with Crippen molar-refractivity contribution in [3.63, 3.8) is 0 Å². The molecule has 6 nitrogen and oxygen atoms in total. The highest BCUT2D eigenvalue weighted by atomic mass is 16.4. The van der Waals surface area contributed by atoms with E-state index >= 15 is 0 Å². The van der Waals surface area contributed by atoms with Gasteiger partial charge < -0.3 is 14.9 Å². The van der Waals surface area contributed by atoms with Crippen LogP contribution in [0.5, 0.6) is 0 Å². The van der Waals surface area contributed by atoms with Gasteiger partial charge in [-0.05, 0) is 18.4 Å². The van der Waals surface area contributed by atoms with E-state index in [1.165, 1.54) is 4.90 Å². The summed E-state index contributed by atoms with van der Waals surface area (Å²) in [5.74, 6) is -1.69. The minimum absolute atomic E-state index is 0.0159. The Morgan fingerprint density at radius 1 is 1.26 bits per heavy atom. The molecule has 1 aliphatic heterocycles. The van der Waals surface area contributed by atoms with Crippen LogP contribution in [0.3, 0.4) is 0 Å². The number of carbonyl (C=O) groups excluding carboxylic acids is 2. The monoisotopic (exact) mass is 318 g/mol. The summed E-state index contributed by atoms with van der Waals surface area (Å²) < 4.78 is 0. The maximum absolute atomic E-state index is 12.3. The molecule has 2 rings (SSSR count). The zero-order chi connectivity index (χ0) is 16.8. The minimum Gasteiger partial charge on any atom is -0.481 e. The number of carbonyl (C=O) groups is 3. The number of carboxylic acid groups (broad SMARTS) is 1. The van der Waals surface area contributed by atoms with Crippen molar-refractivity contribution in [2.45, 2.75) is 19.3 Å². The fourth-order valence-electron chi connectivity index (χ4n) is 2.70. The van der Waals surface area contributed by atoms with Gasteiger partial charge in [-0.1, -0.05) is 30.3 Å². The zero-order valence-corrected chi connectivity index (χ0v) is 13.3. The Hall–Kier alpha value is -2.37. The van der Waals surface area contributed by atoms with Gasteiger partial charge in [0.2, 0.25) is 11.8 Å². The summed E-state index contributed by atoms with van der Waals surface area (Å²) in [6.45, 7) is 0.774. The molecular formula is C17H22N2O4. The van der Waals surface area contributed by atoms with Crippen LogP contribution in [0.2, 0.25) is 0 Å². The number of piperidine rings is 1. The molecule has 1 saturated heterocycles. The van der Waals surface area contributed by atoms with E-state index in [9.17, 15) is 14.4 Å². The second-order valence-electron chi connectivity index (χ2n) is 5.93. The van der Waals surface area contributed by atoms with E-state index in [2.05, 4.69) is 0 Å². The minimum atomic E-state index is -0.865. The van der Waals surface area contributed by atoms with Crippen LogP contribution < -0.4 is 0 Å². The van der Waals surface area contributed by atoms with Gasteiger partial charge in [0.1, 0.15) is 0 Å². The smallest absolute Gasteiger partial charge is 0.308 e. The molecule has 1 heterocycles. The summed E-state index contributed by atoms with van der Waals surface area (Å²) in [7, 11) is 1.60. The molecule has 6 heteroatoms. The lowest BCUT2D eigenvalue weighted by atomic mass is 9.98. The fraction of sp³-hybridized carbons (Fsp3) is 0.471. The van der Waals surface area contributed by atoms with E-state index < -0.39 is 11.9 Å². The van der Waals surface area contributed by atoms with Gasteiger partial charge in [0.15, 0.2) is 0 Å². The first-order valence-electron chi connectivity index (χ1n) is 7.76. The molecule has 1 unspecified atom stereocenters. The van der Waals surface area contributed by atoms with Crippen LogP contribution in [-0.2, 0) is 20.8 Å². The largest absolute Gasteiger partial charge is 0.481 e. The van der Waals surface area contributed by atoms with E-state index in [0.717, 1.165) is 5.56 Å². The van der Waals surface area contributed by atoms with Gasteiger partial charge >= 0.3 is 5.97 Å². The van der Waals surface area contributed by atoms with Gasteiger partial charge in [-0.3, -0.25) is 14.4 Å². The lowest BCUT2D eigenvalue weighted by molar-refractivity contribution is -0.147. The van der Waals surface area contributed by atoms with E-state index in [0.29, 0.717) is 19.4 Å². The van der Waals surface area contributed by atoms with Crippen molar-refractivity contribution in [1.82, 2.24) is 9.80 Å². The molecule has 1 aromatic rings. The summed E-state index contributed by atoms with van der Waals surface area (Å²) in [6, 6.07) is 9.36. The summed E-state index contributed by atoms with van der Waals surface area (Å²) in [6.07, 6.45) is 1.54. The topological polar surface area (TPSA) is 77.9 Å². The van der Waals surface area contributed by atoms with Crippen LogP contribution in [0.15, 0.2) is 30.3 Å². The van der Waals surface area contributed by atoms with Crippen molar-refractivity contribution >= 4 is 17.8 Å². The van der Waals surface area contributed by atoms with E-state index in [1.807, 2.05) is 30.3 Å². The van der Waals surface area contributed by atoms with Crippen LogP contribution in [-0.4, -0.2) is 59.4 Å². The quantitative estimate of drug-likeness (QED) is 0.879. The molecule has 0 saturated carbocycles. The molecule has 2 amide bonds. The van der Waals surface area contributed by atoms with Crippen molar-refractivity contribution in [2.75, 3.05) is 26.7 Å². The molecule has 0 aliphatic carbocycles. The van der Waals surface area contributed by atoms with Crippen molar-refractivity contribution in [3.05, 3.63) is 35.9 Å². The van der Waals surface area contributed by atoms with E-state index in [1.54, 1.807) is 11.9 Å². The highest BCUT2D eigenvalue weighted by molar-refractivity contribution is 5.86. The second kappa shape index (κ2) is 7.76. The van der Waals surface area contributed by atoms with Gasteiger partial charge in [0, 0.05) is 20.1 Å². The van der Waals surface area contributed by atoms with Crippen LogP contribution in [0.1, 0.15) is 18.4 Å². The first-order valence-corrected chi connectivity index (χ1v) is 7.76. The Bertz CT molecular complexity index is 573. The predicted octanol–water partition coefficient (Wildman–Crippen LogP) is 1.01. The first kappa shape index (κ1) is 17.0. The Morgan fingerprint density at radius 2 is 1.96 bits per heavy atom. The van der Waals surface area contributed by atoms with E-state index in [4.69, 9.17) is 5.11 Å². The Labute approximate surface area is 135 Å². The summed E-state index contributed by atoms with van der Waals surface area (Å²) in [4.78, 5) is 38.4. The molecule has 0 spiro atoms. The normalized spacial score (nSPS) is 17.6. The lowest BCUT2D eigenvalue weighted by Gasteiger charge is -2.32. The summed E-state index contributed by atoms with van der Waals surface area (Å²) in [5.41, 5.74) is 0.903. The molecule has 1 N–H and O–H groups in total. The maximum Gasteiger partial charge on any atom is 0.308 e. The van der Waals surface area contributed by atoms with Crippen LogP contribution in [0.4, 0.5) is 0 Å². The Morgan fingerprint density at radius 3 is 2.61 bits per heavy atom. The van der Waals surface area contributed by atoms with Crippen molar-refractivity contribution < 1.29 is 19.5 Å². The highest BCUT2D eigenvalue weighted by Gasteiger charge is 2.28. The third-order valence-electron chi connectivity index (χ3n) is 4.12. The van der Waals surface area contributed by atoms with Crippen molar-refractivity contribution in [3.8, 4) is 0 Å². The Balaban J connectivity index is 1.86. The number of hydrogen-bond donors (Lipinski definition) is 1. The fourth-order valence-corrected chi connectivity index (χ4v) is 2.70. The lowest BCUT2D eigenvalue weighted by Crippen LogP contribution is -2.47. The standard InChI is InChI=1S/C17H22N2O4/c1-18(15(20)10-13-6-3-2-4-7-13)12-16(21)19-9-5-8-14(11-19)17(22)23/h2-4,6-7,14H,5,8-12H2,1H3,(H,22,23). The van der Waals surface area contributed by atoms with Crippen LogP contribution in [0.25, 0.3) is 0 Å². The Kier molecular flexibility index (Phi) is 5.73. The molecule has 1 aromatic carbocycles. The highest BCUT2D eigenvalue weighted by Crippen LogP contribution is 2.16. The van der Waals surface area contributed by atoms with Gasteiger partial charge in [0.25, 0.3) is 0 Å². The van der Waals surface area contributed by atoms with Gasteiger partial charge in [0.05, 0.1) is 18.9 Å². The van der Waals surface area contributed by atoms with Gasteiger partial charge in [-0.25, -0.2) is 0 Å². The third-order valence-corrected chi connectivity index (χ3v) is 4.12. The number of benzene rings is 1. The third kappa shape index (κ3) is 4.81. The average Bonchev–Trinajstić information content (AvgIpc) is 2.55. The number of aliphatic carboxylic acids is 1. The molecule has 1 aliphatic rings. The van der Waals surface area contributed by atoms with Crippen LogP contribution >= 0.6 is 0 Å². The number of hydrogen-bond acceptors (Lipinski definition) is 3. The molecule has 23 heavy (non-hydrogen) atoms. The molecule has 1 fully saturated rings. The molecule has 0 bridgehead atoms. The maximum atomic E-state index is 12.3. The first-order chi connectivity index (χ1) is 11.0. The van der Waals surface area contributed by atoms with Crippen molar-refractivity contribution in [1.29, 1.82) is 0 Å². The number of amides is 2. The summed E-state index contributed by atoms with van der Waals surface area (Å²) in [5, 5.41) is 9.07. The molecule has 1 atom stereocenters. The predicted molar refractivity (Wildman–Crippen MR) is 84.7 cm³/mol. The van der Waals surface area contributed by atoms with E-state index in [-0.39, 0.29) is 31.3 Å². The van der Waals surface area contributed by atoms with Crippen LogP contribution in [0, 0.1) is 5.92 Å². The molecule has 0 aromatic heterocycles. The molecule has 0 radical (unpaired) electrons. The second-order valence-corrected chi connectivity index (χ2v) is 5.93. The van der Waals surface area contributed by atoms with Gasteiger partial charge in [-0.15, -0.1) is 0 Å². The van der Waals surface area contributed by atoms with Gasteiger partial charge in [-0.2, -0.15) is 0 Å². The SMILES string of the molecule is CN(CC(=O)N1CCCC(C(=O)O)C1)C(=O)Cc1ccccc1. The van der Waals surface area contributed by atoms with Crippen molar-refractivity contribution in [2.24, 2.45) is 5.92 Å². The molecular weight excluding hydrogens is 296 g/mol. The number of rotatable bonds is 5. The zero-order valence-electron chi connectivity index (χ0n) is 13.3. The average molecular weight is 318 g/mol. The number of likely N-dealkylation sites (tertiary alicyclic amines) is 1. The summed E-state index contributed by atoms with van der Waals surface area (Å²) >= 11 is 0.